The maximum atomic E-state index is 12.3. The number of anilines is 2. The third-order valence-electron chi connectivity index (χ3n) is 4.97. The molecule has 1 aliphatic heterocycles. The minimum atomic E-state index is -3.22. The second kappa shape index (κ2) is 7.23. The van der Waals surface area contributed by atoms with Gasteiger partial charge in [0.1, 0.15) is 0 Å². The number of H-pyrrole nitrogens is 1. The Morgan fingerprint density at radius 3 is 2.41 bits per heavy atom. The Hall–Kier alpha value is -2.54. The summed E-state index contributed by atoms with van der Waals surface area (Å²) in [6.45, 7) is 5.47. The van der Waals surface area contributed by atoms with Crippen molar-refractivity contribution in [2.45, 2.75) is 18.2 Å². The molecule has 0 aliphatic carbocycles. The van der Waals surface area contributed by atoms with Crippen LogP contribution in [0.4, 0.5) is 11.6 Å². The van der Waals surface area contributed by atoms with Crippen molar-refractivity contribution in [2.75, 3.05) is 41.7 Å². The van der Waals surface area contributed by atoms with Gasteiger partial charge in [0.05, 0.1) is 21.7 Å². The van der Waals surface area contributed by atoms with E-state index in [-0.39, 0.29) is 5.75 Å². The van der Waals surface area contributed by atoms with E-state index in [2.05, 4.69) is 44.0 Å². The molecule has 0 radical (unpaired) electrons. The van der Waals surface area contributed by atoms with Crippen LogP contribution in [0.5, 0.6) is 0 Å². The van der Waals surface area contributed by atoms with Crippen LogP contribution in [0.1, 0.15) is 13.3 Å². The zero-order valence-corrected chi connectivity index (χ0v) is 16.2. The van der Waals surface area contributed by atoms with Crippen LogP contribution in [0.2, 0.25) is 0 Å². The van der Waals surface area contributed by atoms with Gasteiger partial charge in [0.15, 0.2) is 9.84 Å². The summed E-state index contributed by atoms with van der Waals surface area (Å²) in [5.74, 6) is 0.976. The predicted molar refractivity (Wildman–Crippen MR) is 109 cm³/mol. The molecule has 3 aromatic rings. The Morgan fingerprint density at radius 2 is 1.70 bits per heavy atom. The topological polar surface area (TPSA) is 69.3 Å². The van der Waals surface area contributed by atoms with Crippen molar-refractivity contribution in [3.05, 3.63) is 48.5 Å². The van der Waals surface area contributed by atoms with E-state index in [1.54, 1.807) is 18.2 Å². The molecule has 1 fully saturated rings. The lowest BCUT2D eigenvalue weighted by molar-refractivity contribution is 0.595. The van der Waals surface area contributed by atoms with Gasteiger partial charge in [-0.15, -0.1) is 0 Å². The molecule has 7 heteroatoms. The number of benzene rings is 2. The molecule has 0 atom stereocenters. The lowest BCUT2D eigenvalue weighted by Gasteiger charge is -2.35. The third-order valence-corrected chi connectivity index (χ3v) is 6.89. The highest BCUT2D eigenvalue weighted by Gasteiger charge is 2.20. The van der Waals surface area contributed by atoms with E-state index in [4.69, 9.17) is 0 Å². The molecule has 6 nitrogen and oxygen atoms in total. The van der Waals surface area contributed by atoms with Gasteiger partial charge in [0, 0.05) is 31.9 Å². The second-order valence-electron chi connectivity index (χ2n) is 6.87. The number of piperazine rings is 1. The van der Waals surface area contributed by atoms with Crippen LogP contribution in [0.3, 0.4) is 0 Å². The lowest BCUT2D eigenvalue weighted by atomic mass is 10.2. The summed E-state index contributed by atoms with van der Waals surface area (Å²) in [4.78, 5) is 12.9. The minimum Gasteiger partial charge on any atom is -0.368 e. The molecule has 0 spiro atoms. The standard InChI is InChI=1S/C20H24N4O2S/c1-2-14-27(25,26)17-8-9-18-19(15-17)22-20(21-18)24-12-10-23(11-13-24)16-6-4-3-5-7-16/h3-9,15H,2,10-14H2,1H3,(H,21,22). The van der Waals surface area contributed by atoms with Crippen molar-refractivity contribution >= 4 is 32.5 Å². The number of sulfone groups is 1. The van der Waals surface area contributed by atoms with Gasteiger partial charge in [-0.3, -0.25) is 0 Å². The van der Waals surface area contributed by atoms with Crippen LogP contribution in [0.25, 0.3) is 11.0 Å². The number of aromatic nitrogens is 2. The van der Waals surface area contributed by atoms with Crippen molar-refractivity contribution in [3.8, 4) is 0 Å². The van der Waals surface area contributed by atoms with Gasteiger partial charge in [-0.05, 0) is 36.8 Å². The first-order valence-electron chi connectivity index (χ1n) is 9.34. The summed E-state index contributed by atoms with van der Waals surface area (Å²) in [6, 6.07) is 15.6. The molecule has 1 aromatic heterocycles. The molecule has 142 valence electrons. The van der Waals surface area contributed by atoms with Crippen LogP contribution in [-0.4, -0.2) is 50.3 Å². The van der Waals surface area contributed by atoms with E-state index in [1.165, 1.54) is 5.69 Å². The molecule has 2 heterocycles. The van der Waals surface area contributed by atoms with E-state index in [1.807, 2.05) is 13.0 Å². The van der Waals surface area contributed by atoms with Crippen molar-refractivity contribution in [1.29, 1.82) is 0 Å². The molecule has 1 saturated heterocycles. The van der Waals surface area contributed by atoms with Crippen LogP contribution in [-0.2, 0) is 9.84 Å². The zero-order chi connectivity index (χ0) is 18.9. The highest BCUT2D eigenvalue weighted by atomic mass is 32.2. The monoisotopic (exact) mass is 384 g/mol. The zero-order valence-electron chi connectivity index (χ0n) is 15.4. The van der Waals surface area contributed by atoms with Crippen molar-refractivity contribution in [3.63, 3.8) is 0 Å². The summed E-state index contributed by atoms with van der Waals surface area (Å²) in [5.41, 5.74) is 2.81. The first kappa shape index (κ1) is 17.9. The lowest BCUT2D eigenvalue weighted by Crippen LogP contribution is -2.46. The van der Waals surface area contributed by atoms with Gasteiger partial charge >= 0.3 is 0 Å². The third kappa shape index (κ3) is 3.64. The largest absolute Gasteiger partial charge is 0.368 e. The molecule has 1 aliphatic rings. The van der Waals surface area contributed by atoms with Crippen LogP contribution in [0.15, 0.2) is 53.4 Å². The smallest absolute Gasteiger partial charge is 0.203 e. The van der Waals surface area contributed by atoms with E-state index < -0.39 is 9.84 Å². The van der Waals surface area contributed by atoms with E-state index in [0.29, 0.717) is 11.3 Å². The number of hydrogen-bond donors (Lipinski definition) is 1. The fourth-order valence-corrected chi connectivity index (χ4v) is 4.87. The van der Waals surface area contributed by atoms with E-state index in [9.17, 15) is 8.42 Å². The molecule has 0 saturated carbocycles. The summed E-state index contributed by atoms with van der Waals surface area (Å²) in [6.07, 6.45) is 0.611. The van der Waals surface area contributed by atoms with Crippen LogP contribution in [0, 0.1) is 0 Å². The summed E-state index contributed by atoms with van der Waals surface area (Å²) in [7, 11) is -3.22. The average molecular weight is 385 g/mol. The first-order valence-corrected chi connectivity index (χ1v) is 11.0. The predicted octanol–water partition coefficient (Wildman–Crippen LogP) is 3.07. The average Bonchev–Trinajstić information content (AvgIpc) is 3.12. The highest BCUT2D eigenvalue weighted by Crippen LogP contribution is 2.24. The number of imidazole rings is 1. The van der Waals surface area contributed by atoms with Crippen molar-refractivity contribution in [1.82, 2.24) is 9.97 Å². The Bertz CT molecular complexity index is 1020. The fraction of sp³-hybridized carbons (Fsp3) is 0.350. The Balaban J connectivity index is 1.52. The second-order valence-corrected chi connectivity index (χ2v) is 8.98. The number of fused-ring (bicyclic) bond motifs is 1. The Labute approximate surface area is 159 Å². The molecule has 0 bridgehead atoms. The molecular weight excluding hydrogens is 360 g/mol. The fourth-order valence-electron chi connectivity index (χ4n) is 3.52. The van der Waals surface area contributed by atoms with Crippen LogP contribution >= 0.6 is 0 Å². The highest BCUT2D eigenvalue weighted by molar-refractivity contribution is 7.91. The molecular formula is C20H24N4O2S. The molecule has 0 unspecified atom stereocenters. The number of nitrogens with one attached hydrogen (secondary N) is 1. The minimum absolute atomic E-state index is 0.168. The molecule has 27 heavy (non-hydrogen) atoms. The number of para-hydroxylation sites is 1. The van der Waals surface area contributed by atoms with Gasteiger partial charge in [-0.2, -0.15) is 0 Å². The summed E-state index contributed by atoms with van der Waals surface area (Å²) < 4.78 is 24.6. The van der Waals surface area contributed by atoms with Gasteiger partial charge < -0.3 is 14.8 Å². The number of hydrogen-bond acceptors (Lipinski definition) is 5. The number of nitrogens with zero attached hydrogens (tertiary/aromatic N) is 3. The Kier molecular flexibility index (Phi) is 4.78. The summed E-state index contributed by atoms with van der Waals surface area (Å²) in [5, 5.41) is 0. The van der Waals surface area contributed by atoms with Crippen molar-refractivity contribution < 1.29 is 8.42 Å². The number of rotatable bonds is 5. The van der Waals surface area contributed by atoms with E-state index >= 15 is 0 Å². The molecule has 1 N–H and O–H groups in total. The van der Waals surface area contributed by atoms with Gasteiger partial charge in [0.25, 0.3) is 0 Å². The quantitative estimate of drug-likeness (QED) is 0.732. The molecule has 2 aromatic carbocycles. The molecule has 0 amide bonds. The van der Waals surface area contributed by atoms with Gasteiger partial charge in [-0.25, -0.2) is 13.4 Å². The van der Waals surface area contributed by atoms with Gasteiger partial charge in [-0.1, -0.05) is 25.1 Å². The Morgan fingerprint density at radius 1 is 1.00 bits per heavy atom. The number of aromatic amines is 1. The normalized spacial score (nSPS) is 15.4. The van der Waals surface area contributed by atoms with Gasteiger partial charge in [0.2, 0.25) is 5.95 Å². The maximum absolute atomic E-state index is 12.3. The summed E-state index contributed by atoms with van der Waals surface area (Å²) >= 11 is 0. The SMILES string of the molecule is CCCS(=O)(=O)c1ccc2nc(N3CCN(c4ccccc4)CC3)[nH]c2c1. The first-order chi connectivity index (χ1) is 13.1. The molecule has 4 rings (SSSR count). The van der Waals surface area contributed by atoms with Crippen LogP contribution < -0.4 is 9.80 Å². The van der Waals surface area contributed by atoms with E-state index in [0.717, 1.165) is 43.2 Å². The maximum Gasteiger partial charge on any atom is 0.203 e. The van der Waals surface area contributed by atoms with Crippen molar-refractivity contribution in [2.24, 2.45) is 0 Å².